The zero-order valence-corrected chi connectivity index (χ0v) is 6.75. The Morgan fingerprint density at radius 3 is 2.27 bits per heavy atom. The van der Waals surface area contributed by atoms with Crippen LogP contribution in [0.15, 0.2) is 30.3 Å². The Hall–Kier alpha value is -0.820. The maximum atomic E-state index is 4.40. The molecular formula is C10H12N. The van der Waals surface area contributed by atoms with E-state index in [0.717, 1.165) is 0 Å². The lowest BCUT2D eigenvalue weighted by molar-refractivity contribution is 0.573. The van der Waals surface area contributed by atoms with Crippen LogP contribution in [0.5, 0.6) is 0 Å². The maximum absolute atomic E-state index is 4.40. The molecule has 2 rings (SSSR count). The number of rotatable bonds is 2. The molecule has 11 heavy (non-hydrogen) atoms. The Kier molecular flexibility index (Phi) is 1.46. The molecule has 1 aliphatic carbocycles. The van der Waals surface area contributed by atoms with Crippen LogP contribution in [0.3, 0.4) is 0 Å². The number of hydrogen-bond donors (Lipinski definition) is 0. The number of hydrogen-bond acceptors (Lipinski definition) is 0. The van der Waals surface area contributed by atoms with Gasteiger partial charge in [-0.05, 0) is 18.4 Å². The van der Waals surface area contributed by atoms with Crippen molar-refractivity contribution in [2.45, 2.75) is 18.4 Å². The van der Waals surface area contributed by atoms with Gasteiger partial charge in [0, 0.05) is 7.05 Å². The molecule has 0 atom stereocenters. The Bertz CT molecular complexity index is 236. The fourth-order valence-corrected chi connectivity index (χ4v) is 1.51. The Morgan fingerprint density at radius 1 is 1.18 bits per heavy atom. The minimum atomic E-state index is 0.210. The molecule has 1 nitrogen and oxygen atoms in total. The summed E-state index contributed by atoms with van der Waals surface area (Å²) in [7, 11) is 1.92. The summed E-state index contributed by atoms with van der Waals surface area (Å²) in [6.45, 7) is 0. The quantitative estimate of drug-likeness (QED) is 0.605. The highest BCUT2D eigenvalue weighted by Gasteiger charge is 2.43. The third-order valence-corrected chi connectivity index (χ3v) is 2.46. The molecule has 1 aromatic rings. The van der Waals surface area contributed by atoms with Crippen molar-refractivity contribution in [1.29, 1.82) is 0 Å². The van der Waals surface area contributed by atoms with Crippen LogP contribution in [0, 0.1) is 0 Å². The predicted octanol–water partition coefficient (Wildman–Crippen LogP) is 1.91. The molecule has 0 aromatic heterocycles. The monoisotopic (exact) mass is 146 g/mol. The van der Waals surface area contributed by atoms with E-state index in [1.165, 1.54) is 18.4 Å². The van der Waals surface area contributed by atoms with Gasteiger partial charge in [-0.2, -0.15) is 0 Å². The largest absolute Gasteiger partial charge is 0.234 e. The van der Waals surface area contributed by atoms with Gasteiger partial charge in [-0.3, -0.25) is 0 Å². The first kappa shape index (κ1) is 6.86. The molecule has 0 bridgehead atoms. The second-order valence-corrected chi connectivity index (χ2v) is 3.12. The highest BCUT2D eigenvalue weighted by Crippen LogP contribution is 2.45. The van der Waals surface area contributed by atoms with E-state index in [4.69, 9.17) is 0 Å². The Morgan fingerprint density at radius 2 is 1.82 bits per heavy atom. The van der Waals surface area contributed by atoms with Gasteiger partial charge < -0.3 is 0 Å². The molecule has 1 radical (unpaired) electrons. The molecule has 0 unspecified atom stereocenters. The average Bonchev–Trinajstić information content (AvgIpc) is 2.86. The van der Waals surface area contributed by atoms with Gasteiger partial charge in [0.05, 0.1) is 5.54 Å². The van der Waals surface area contributed by atoms with Gasteiger partial charge in [-0.25, -0.2) is 5.32 Å². The van der Waals surface area contributed by atoms with E-state index in [-0.39, 0.29) is 5.54 Å². The van der Waals surface area contributed by atoms with E-state index < -0.39 is 0 Å². The van der Waals surface area contributed by atoms with Crippen molar-refractivity contribution >= 4 is 0 Å². The molecule has 0 N–H and O–H groups in total. The molecule has 0 aliphatic heterocycles. The standard InChI is InChI=1S/C10H12N/c1-11-10(7-8-10)9-5-3-2-4-6-9/h2-6H,7-8H2,1H3. The minimum absolute atomic E-state index is 0.210. The van der Waals surface area contributed by atoms with Gasteiger partial charge in [0.25, 0.3) is 0 Å². The van der Waals surface area contributed by atoms with Crippen LogP contribution in [0.2, 0.25) is 0 Å². The summed E-state index contributed by atoms with van der Waals surface area (Å²) in [5, 5.41) is 4.40. The van der Waals surface area contributed by atoms with Crippen LogP contribution in [-0.2, 0) is 5.54 Å². The summed E-state index contributed by atoms with van der Waals surface area (Å²) in [5.74, 6) is 0. The average molecular weight is 146 g/mol. The molecule has 0 heterocycles. The molecule has 1 aliphatic rings. The summed E-state index contributed by atoms with van der Waals surface area (Å²) < 4.78 is 0. The zero-order valence-electron chi connectivity index (χ0n) is 6.75. The lowest BCUT2D eigenvalue weighted by Gasteiger charge is -2.11. The van der Waals surface area contributed by atoms with E-state index in [0.29, 0.717) is 0 Å². The summed E-state index contributed by atoms with van der Waals surface area (Å²) >= 11 is 0. The van der Waals surface area contributed by atoms with Crippen molar-refractivity contribution in [2.24, 2.45) is 0 Å². The highest BCUT2D eigenvalue weighted by molar-refractivity contribution is 5.29. The molecule has 1 fully saturated rings. The van der Waals surface area contributed by atoms with E-state index in [1.807, 2.05) is 7.05 Å². The van der Waals surface area contributed by atoms with Gasteiger partial charge in [-0.15, -0.1) is 0 Å². The molecule has 1 heteroatoms. The SMILES string of the molecule is C[N]C1(c2ccccc2)CC1. The van der Waals surface area contributed by atoms with Gasteiger partial charge in [0.1, 0.15) is 0 Å². The topological polar surface area (TPSA) is 14.1 Å². The van der Waals surface area contributed by atoms with Crippen molar-refractivity contribution < 1.29 is 0 Å². The fourth-order valence-electron chi connectivity index (χ4n) is 1.51. The highest BCUT2D eigenvalue weighted by atomic mass is 15.0. The van der Waals surface area contributed by atoms with E-state index in [2.05, 4.69) is 35.6 Å². The van der Waals surface area contributed by atoms with Crippen molar-refractivity contribution in [3.63, 3.8) is 0 Å². The second kappa shape index (κ2) is 2.35. The number of nitrogens with zero attached hydrogens (tertiary/aromatic N) is 1. The first-order valence-electron chi connectivity index (χ1n) is 4.04. The van der Waals surface area contributed by atoms with Crippen LogP contribution < -0.4 is 5.32 Å². The Labute approximate surface area is 67.4 Å². The third-order valence-electron chi connectivity index (χ3n) is 2.46. The molecular weight excluding hydrogens is 134 g/mol. The van der Waals surface area contributed by atoms with Gasteiger partial charge >= 0.3 is 0 Å². The van der Waals surface area contributed by atoms with Gasteiger partial charge in [-0.1, -0.05) is 30.3 Å². The molecule has 57 valence electrons. The minimum Gasteiger partial charge on any atom is -0.234 e. The lowest BCUT2D eigenvalue weighted by atomic mass is 10.1. The van der Waals surface area contributed by atoms with E-state index in [1.54, 1.807) is 0 Å². The van der Waals surface area contributed by atoms with Crippen molar-refractivity contribution in [3.05, 3.63) is 35.9 Å². The van der Waals surface area contributed by atoms with Gasteiger partial charge in [0.15, 0.2) is 0 Å². The van der Waals surface area contributed by atoms with Crippen molar-refractivity contribution in [1.82, 2.24) is 5.32 Å². The normalized spacial score (nSPS) is 19.7. The molecule has 0 spiro atoms. The molecule has 0 amide bonds. The number of benzene rings is 1. The zero-order chi connectivity index (χ0) is 7.73. The van der Waals surface area contributed by atoms with Gasteiger partial charge in [0.2, 0.25) is 0 Å². The lowest BCUT2D eigenvalue weighted by Crippen LogP contribution is -2.17. The molecule has 0 saturated heterocycles. The molecule has 1 aromatic carbocycles. The van der Waals surface area contributed by atoms with Crippen molar-refractivity contribution in [3.8, 4) is 0 Å². The van der Waals surface area contributed by atoms with Crippen molar-refractivity contribution in [2.75, 3.05) is 7.05 Å². The first-order chi connectivity index (χ1) is 5.37. The first-order valence-corrected chi connectivity index (χ1v) is 4.04. The summed E-state index contributed by atoms with van der Waals surface area (Å²) in [6.07, 6.45) is 2.46. The Balaban J connectivity index is 2.30. The summed E-state index contributed by atoms with van der Waals surface area (Å²) in [4.78, 5) is 0. The maximum Gasteiger partial charge on any atom is 0.0603 e. The fraction of sp³-hybridized carbons (Fsp3) is 0.400. The second-order valence-electron chi connectivity index (χ2n) is 3.12. The third kappa shape index (κ3) is 1.05. The van der Waals surface area contributed by atoms with E-state index >= 15 is 0 Å². The van der Waals surface area contributed by atoms with Crippen LogP contribution in [-0.4, -0.2) is 7.05 Å². The summed E-state index contributed by atoms with van der Waals surface area (Å²) in [6, 6.07) is 10.6. The van der Waals surface area contributed by atoms with Crippen LogP contribution in [0.1, 0.15) is 18.4 Å². The van der Waals surface area contributed by atoms with Crippen LogP contribution in [0.4, 0.5) is 0 Å². The smallest absolute Gasteiger partial charge is 0.0603 e. The van der Waals surface area contributed by atoms with Crippen LogP contribution >= 0.6 is 0 Å². The molecule has 1 saturated carbocycles. The summed E-state index contributed by atoms with van der Waals surface area (Å²) in [5.41, 5.74) is 1.59. The van der Waals surface area contributed by atoms with E-state index in [9.17, 15) is 0 Å². The van der Waals surface area contributed by atoms with Crippen LogP contribution in [0.25, 0.3) is 0 Å². The predicted molar refractivity (Wildman–Crippen MR) is 45.4 cm³/mol.